The Kier molecular flexibility index (Phi) is 9.04. The summed E-state index contributed by atoms with van der Waals surface area (Å²) in [5.41, 5.74) is 1.97. The molecule has 1 amide bonds. The number of benzene rings is 2. The Labute approximate surface area is 207 Å². The maximum absolute atomic E-state index is 12.7. The number of thiazole rings is 1. The minimum Gasteiger partial charge on any atom is -0.493 e. The summed E-state index contributed by atoms with van der Waals surface area (Å²) in [6.45, 7) is 3.47. The number of methoxy groups -OCH3 is 4. The van der Waals surface area contributed by atoms with Gasteiger partial charge in [0.2, 0.25) is 5.75 Å². The second-order valence-corrected chi connectivity index (χ2v) is 8.16. The summed E-state index contributed by atoms with van der Waals surface area (Å²) in [4.78, 5) is 29.5. The van der Waals surface area contributed by atoms with E-state index in [2.05, 4.69) is 4.99 Å². The minimum absolute atomic E-state index is 0.427. The largest absolute Gasteiger partial charge is 0.493 e. The van der Waals surface area contributed by atoms with Crippen molar-refractivity contribution in [2.75, 3.05) is 41.7 Å². The molecule has 0 spiro atoms. The lowest BCUT2D eigenvalue weighted by molar-refractivity contribution is -0.113. The maximum Gasteiger partial charge on any atom is 0.337 e. The first-order chi connectivity index (χ1) is 16.9. The van der Waals surface area contributed by atoms with Crippen molar-refractivity contribution in [3.05, 3.63) is 52.3 Å². The third-order valence-corrected chi connectivity index (χ3v) is 6.12. The predicted octanol–water partition coefficient (Wildman–Crippen LogP) is 3.69. The molecule has 0 N–H and O–H groups in total. The fraction of sp³-hybridized carbons (Fsp3) is 0.320. The first-order valence-corrected chi connectivity index (χ1v) is 11.6. The Hall–Kier alpha value is -3.63. The summed E-state index contributed by atoms with van der Waals surface area (Å²) < 4.78 is 29.1. The van der Waals surface area contributed by atoms with E-state index in [1.54, 1.807) is 30.3 Å². The average Bonchev–Trinajstić information content (AvgIpc) is 3.22. The van der Waals surface area contributed by atoms with E-state index in [0.717, 1.165) is 10.2 Å². The van der Waals surface area contributed by atoms with E-state index in [-0.39, 0.29) is 0 Å². The van der Waals surface area contributed by atoms with Crippen molar-refractivity contribution in [3.8, 4) is 17.2 Å². The number of carbonyl (C=O) groups excluding carboxylic acids is 2. The molecule has 2 aromatic carbocycles. The van der Waals surface area contributed by atoms with E-state index in [0.29, 0.717) is 52.9 Å². The normalized spacial score (nSPS) is 11.7. The van der Waals surface area contributed by atoms with Crippen LogP contribution in [0, 0.1) is 0 Å². The van der Waals surface area contributed by atoms with Crippen molar-refractivity contribution < 1.29 is 33.3 Å². The SMILES string of the molecule is CCOCCn1c(=NC(=O)C=Cc2cc(OC)c(OC)c(OC)c2)sc2cc(C(=O)OC)ccc21. The zero-order chi connectivity index (χ0) is 25.4. The van der Waals surface area contributed by atoms with Crippen LogP contribution >= 0.6 is 11.3 Å². The maximum atomic E-state index is 12.7. The van der Waals surface area contributed by atoms with Gasteiger partial charge in [0.15, 0.2) is 16.3 Å². The van der Waals surface area contributed by atoms with Gasteiger partial charge < -0.3 is 28.3 Å². The number of rotatable bonds is 10. The lowest BCUT2D eigenvalue weighted by atomic mass is 10.1. The number of fused-ring (bicyclic) bond motifs is 1. The molecule has 0 aliphatic carbocycles. The van der Waals surface area contributed by atoms with Crippen LogP contribution in [0.3, 0.4) is 0 Å². The van der Waals surface area contributed by atoms with Gasteiger partial charge in [-0.1, -0.05) is 11.3 Å². The van der Waals surface area contributed by atoms with Gasteiger partial charge in [-0.25, -0.2) is 4.79 Å². The number of nitrogens with zero attached hydrogens (tertiary/aromatic N) is 2. The molecule has 0 fully saturated rings. The second-order valence-electron chi connectivity index (χ2n) is 7.15. The third kappa shape index (κ3) is 6.09. The van der Waals surface area contributed by atoms with Gasteiger partial charge in [-0.3, -0.25) is 4.79 Å². The number of hydrogen-bond donors (Lipinski definition) is 0. The number of esters is 1. The summed E-state index contributed by atoms with van der Waals surface area (Å²) in [6.07, 6.45) is 3.00. The molecule has 1 heterocycles. The van der Waals surface area contributed by atoms with E-state index < -0.39 is 11.9 Å². The molecule has 0 radical (unpaired) electrons. The Morgan fingerprint density at radius 2 is 1.74 bits per heavy atom. The molecule has 186 valence electrons. The Balaban J connectivity index is 1.98. The van der Waals surface area contributed by atoms with Crippen molar-refractivity contribution in [3.63, 3.8) is 0 Å². The van der Waals surface area contributed by atoms with Gasteiger partial charge in [-0.2, -0.15) is 4.99 Å². The number of ether oxygens (including phenoxy) is 5. The van der Waals surface area contributed by atoms with Crippen LogP contribution in [-0.4, -0.2) is 58.1 Å². The van der Waals surface area contributed by atoms with E-state index >= 15 is 0 Å². The number of aromatic nitrogens is 1. The molecule has 3 aromatic rings. The molecule has 1 aromatic heterocycles. The van der Waals surface area contributed by atoms with Crippen LogP contribution in [0.15, 0.2) is 41.4 Å². The molecule has 0 aliphatic heterocycles. The first kappa shape index (κ1) is 26.0. The molecule has 0 aliphatic rings. The number of amides is 1. The van der Waals surface area contributed by atoms with Gasteiger partial charge in [0.05, 0.1) is 50.8 Å². The highest BCUT2D eigenvalue weighted by Gasteiger charge is 2.13. The standard InChI is InChI=1S/C25H28N2O7S/c1-6-34-12-11-27-18-9-8-17(24(29)33-5)15-21(18)35-25(27)26-22(28)10-7-16-13-19(30-2)23(32-4)20(14-16)31-3/h7-10,13-15H,6,11-12H2,1-5H3. The van der Waals surface area contributed by atoms with Gasteiger partial charge in [-0.05, 0) is 48.9 Å². The van der Waals surface area contributed by atoms with E-state index in [1.165, 1.54) is 45.9 Å². The fourth-order valence-electron chi connectivity index (χ4n) is 3.42. The molecular weight excluding hydrogens is 472 g/mol. The van der Waals surface area contributed by atoms with Gasteiger partial charge in [0.25, 0.3) is 5.91 Å². The van der Waals surface area contributed by atoms with Crippen molar-refractivity contribution in [1.82, 2.24) is 4.57 Å². The molecular formula is C25H28N2O7S. The van der Waals surface area contributed by atoms with E-state index in [1.807, 2.05) is 17.6 Å². The molecule has 9 nitrogen and oxygen atoms in total. The van der Waals surface area contributed by atoms with Crippen molar-refractivity contribution in [1.29, 1.82) is 0 Å². The monoisotopic (exact) mass is 500 g/mol. The third-order valence-electron chi connectivity index (χ3n) is 5.08. The van der Waals surface area contributed by atoms with Crippen LogP contribution < -0.4 is 19.0 Å². The Bertz CT molecular complexity index is 1280. The highest BCUT2D eigenvalue weighted by atomic mass is 32.1. The van der Waals surface area contributed by atoms with Crippen molar-refractivity contribution in [2.45, 2.75) is 13.5 Å². The van der Waals surface area contributed by atoms with Crippen LogP contribution in [0.2, 0.25) is 0 Å². The highest BCUT2D eigenvalue weighted by molar-refractivity contribution is 7.16. The summed E-state index contributed by atoms with van der Waals surface area (Å²) >= 11 is 1.31. The highest BCUT2D eigenvalue weighted by Crippen LogP contribution is 2.38. The van der Waals surface area contributed by atoms with Crippen LogP contribution in [0.1, 0.15) is 22.8 Å². The molecule has 0 bridgehead atoms. The molecule has 0 saturated heterocycles. The second kappa shape index (κ2) is 12.2. The summed E-state index contributed by atoms with van der Waals surface area (Å²) in [7, 11) is 5.92. The number of carbonyl (C=O) groups is 2. The summed E-state index contributed by atoms with van der Waals surface area (Å²) in [5.74, 6) is 0.564. The van der Waals surface area contributed by atoms with Crippen LogP contribution in [0.25, 0.3) is 16.3 Å². The Morgan fingerprint density at radius 3 is 2.34 bits per heavy atom. The predicted molar refractivity (Wildman–Crippen MR) is 133 cm³/mol. The zero-order valence-electron chi connectivity index (χ0n) is 20.3. The lowest BCUT2D eigenvalue weighted by Gasteiger charge is -2.12. The van der Waals surface area contributed by atoms with Gasteiger partial charge in [0.1, 0.15) is 0 Å². The molecule has 35 heavy (non-hydrogen) atoms. The van der Waals surface area contributed by atoms with Crippen LogP contribution in [0.5, 0.6) is 17.2 Å². The smallest absolute Gasteiger partial charge is 0.337 e. The molecule has 3 rings (SSSR count). The summed E-state index contributed by atoms with van der Waals surface area (Å²) in [5, 5.41) is 0. The van der Waals surface area contributed by atoms with Gasteiger partial charge in [-0.15, -0.1) is 0 Å². The molecule has 0 unspecified atom stereocenters. The van der Waals surface area contributed by atoms with Gasteiger partial charge >= 0.3 is 5.97 Å². The Morgan fingerprint density at radius 1 is 1.03 bits per heavy atom. The van der Waals surface area contributed by atoms with E-state index in [4.69, 9.17) is 23.7 Å². The number of hydrogen-bond acceptors (Lipinski definition) is 8. The molecule has 0 saturated carbocycles. The van der Waals surface area contributed by atoms with Crippen LogP contribution in [0.4, 0.5) is 0 Å². The molecule has 0 atom stereocenters. The van der Waals surface area contributed by atoms with Gasteiger partial charge in [0, 0.05) is 19.2 Å². The van der Waals surface area contributed by atoms with Crippen molar-refractivity contribution in [2.24, 2.45) is 4.99 Å². The summed E-state index contributed by atoms with van der Waals surface area (Å²) in [6, 6.07) is 8.72. The van der Waals surface area contributed by atoms with Crippen LogP contribution in [-0.2, 0) is 20.8 Å². The minimum atomic E-state index is -0.441. The lowest BCUT2D eigenvalue weighted by Crippen LogP contribution is -2.19. The van der Waals surface area contributed by atoms with E-state index in [9.17, 15) is 9.59 Å². The zero-order valence-corrected chi connectivity index (χ0v) is 21.1. The average molecular weight is 501 g/mol. The van der Waals surface area contributed by atoms with Crippen molar-refractivity contribution >= 4 is 39.5 Å². The first-order valence-electron chi connectivity index (χ1n) is 10.8. The molecule has 10 heteroatoms. The topological polar surface area (TPSA) is 97.6 Å². The quantitative estimate of drug-likeness (QED) is 0.238. The fourth-order valence-corrected chi connectivity index (χ4v) is 4.52.